The van der Waals surface area contributed by atoms with Crippen LogP contribution in [0.3, 0.4) is 0 Å². The van der Waals surface area contributed by atoms with Crippen molar-refractivity contribution in [3.8, 4) is 5.69 Å². The highest BCUT2D eigenvalue weighted by atomic mass is 19.4. The van der Waals surface area contributed by atoms with Crippen molar-refractivity contribution in [1.82, 2.24) is 24.1 Å². The highest BCUT2D eigenvalue weighted by molar-refractivity contribution is 5.92. The maximum atomic E-state index is 13.4. The summed E-state index contributed by atoms with van der Waals surface area (Å²) >= 11 is 0. The average Bonchev–Trinajstić information content (AvgIpc) is 2.83. The molecular formula is C25H26F3N5O3. The zero-order valence-electron chi connectivity index (χ0n) is 20.2. The number of carbonyl (C=O) groups excluding carboxylic acids is 1. The lowest BCUT2D eigenvalue weighted by molar-refractivity contribution is -0.137. The number of aromatic nitrogens is 3. The van der Waals surface area contributed by atoms with Gasteiger partial charge in [-0.3, -0.25) is 14.2 Å². The SMILES string of the molecule is Cc1ccc(-n2nc(C(=O)N3CCN(C)CC3)c(=O)n(Cc3ccc(C(F)(F)F)cc3)c2=O)cc1C. The fourth-order valence-electron chi connectivity index (χ4n) is 3.95. The standard InChI is InChI=1S/C25H26F3N5O3/c1-16-4-9-20(14-17(16)2)33-24(36)32(15-18-5-7-19(8-6-18)25(26,27)28)23(35)21(29-33)22(34)31-12-10-30(3)11-13-31/h4-9,14H,10-13,15H2,1-3H3. The molecule has 8 nitrogen and oxygen atoms in total. The third kappa shape index (κ3) is 5.11. The molecule has 0 spiro atoms. The van der Waals surface area contributed by atoms with Gasteiger partial charge in [0.25, 0.3) is 11.5 Å². The van der Waals surface area contributed by atoms with Crippen molar-refractivity contribution < 1.29 is 18.0 Å². The summed E-state index contributed by atoms with van der Waals surface area (Å²) in [6, 6.07) is 9.37. The molecule has 1 aromatic heterocycles. The van der Waals surface area contributed by atoms with Crippen LogP contribution in [0.1, 0.15) is 32.7 Å². The Labute approximate surface area is 205 Å². The maximum Gasteiger partial charge on any atom is 0.416 e. The number of hydrogen-bond acceptors (Lipinski definition) is 5. The first-order chi connectivity index (χ1) is 17.0. The van der Waals surface area contributed by atoms with Gasteiger partial charge in [0.1, 0.15) is 0 Å². The zero-order chi connectivity index (χ0) is 26.2. The van der Waals surface area contributed by atoms with Crippen molar-refractivity contribution in [2.24, 2.45) is 0 Å². The van der Waals surface area contributed by atoms with Crippen LogP contribution < -0.4 is 11.2 Å². The quantitative estimate of drug-likeness (QED) is 0.549. The van der Waals surface area contributed by atoms with Crippen molar-refractivity contribution in [2.75, 3.05) is 33.2 Å². The molecule has 1 aliphatic heterocycles. The smallest absolute Gasteiger partial charge is 0.335 e. The fraction of sp³-hybridized carbons (Fsp3) is 0.360. The highest BCUT2D eigenvalue weighted by Gasteiger charge is 2.30. The van der Waals surface area contributed by atoms with E-state index in [2.05, 4.69) is 10.00 Å². The van der Waals surface area contributed by atoms with E-state index >= 15 is 0 Å². The molecule has 1 aliphatic rings. The predicted octanol–water partition coefficient (Wildman–Crippen LogP) is 2.47. The first-order valence-electron chi connectivity index (χ1n) is 11.4. The first kappa shape index (κ1) is 25.4. The van der Waals surface area contributed by atoms with E-state index < -0.39 is 34.6 Å². The van der Waals surface area contributed by atoms with E-state index in [1.807, 2.05) is 20.9 Å². The monoisotopic (exact) mass is 501 g/mol. The van der Waals surface area contributed by atoms with E-state index in [4.69, 9.17) is 0 Å². The summed E-state index contributed by atoms with van der Waals surface area (Å²) in [4.78, 5) is 43.5. The number of aryl methyl sites for hydroxylation is 2. The van der Waals surface area contributed by atoms with E-state index in [9.17, 15) is 27.6 Å². The molecule has 36 heavy (non-hydrogen) atoms. The van der Waals surface area contributed by atoms with Crippen LogP contribution in [0.2, 0.25) is 0 Å². The molecule has 0 radical (unpaired) electrons. The summed E-state index contributed by atoms with van der Waals surface area (Å²) in [5.74, 6) is -0.591. The second kappa shape index (κ2) is 9.73. The first-order valence-corrected chi connectivity index (χ1v) is 11.4. The summed E-state index contributed by atoms with van der Waals surface area (Å²) in [5.41, 5.74) is -0.389. The largest absolute Gasteiger partial charge is 0.416 e. The van der Waals surface area contributed by atoms with Gasteiger partial charge in [0, 0.05) is 26.2 Å². The van der Waals surface area contributed by atoms with Gasteiger partial charge in [-0.1, -0.05) is 18.2 Å². The Hall–Kier alpha value is -3.73. The minimum absolute atomic E-state index is 0.304. The molecule has 11 heteroatoms. The molecule has 0 aliphatic carbocycles. The lowest BCUT2D eigenvalue weighted by Crippen LogP contribution is -2.51. The zero-order valence-corrected chi connectivity index (χ0v) is 20.2. The van der Waals surface area contributed by atoms with E-state index in [0.29, 0.717) is 37.4 Å². The lowest BCUT2D eigenvalue weighted by Gasteiger charge is -2.32. The Balaban J connectivity index is 1.82. The normalized spacial score (nSPS) is 14.8. The van der Waals surface area contributed by atoms with Crippen LogP contribution in [0.4, 0.5) is 13.2 Å². The Kier molecular flexibility index (Phi) is 6.85. The van der Waals surface area contributed by atoms with Gasteiger partial charge in [-0.05, 0) is 61.9 Å². The van der Waals surface area contributed by atoms with Crippen molar-refractivity contribution in [1.29, 1.82) is 0 Å². The molecule has 1 fully saturated rings. The Morgan fingerprint density at radius 3 is 2.17 bits per heavy atom. The van der Waals surface area contributed by atoms with Crippen molar-refractivity contribution in [3.63, 3.8) is 0 Å². The molecule has 0 unspecified atom stereocenters. The number of benzene rings is 2. The van der Waals surface area contributed by atoms with Gasteiger partial charge in [-0.25, -0.2) is 4.79 Å². The topological polar surface area (TPSA) is 80.4 Å². The van der Waals surface area contributed by atoms with Gasteiger partial charge in [0.05, 0.1) is 17.8 Å². The Morgan fingerprint density at radius 2 is 1.58 bits per heavy atom. The summed E-state index contributed by atoms with van der Waals surface area (Å²) in [7, 11) is 1.93. The number of carbonyl (C=O) groups is 1. The van der Waals surface area contributed by atoms with Gasteiger partial charge in [-0.15, -0.1) is 0 Å². The molecule has 0 N–H and O–H groups in total. The van der Waals surface area contributed by atoms with Crippen molar-refractivity contribution in [2.45, 2.75) is 26.6 Å². The second-order valence-electron chi connectivity index (χ2n) is 8.99. The number of hydrogen-bond donors (Lipinski definition) is 0. The van der Waals surface area contributed by atoms with Crippen LogP contribution in [0.15, 0.2) is 52.1 Å². The van der Waals surface area contributed by atoms with E-state index in [0.717, 1.165) is 32.5 Å². The number of piperazine rings is 1. The average molecular weight is 502 g/mol. The minimum atomic E-state index is -4.51. The van der Waals surface area contributed by atoms with Crippen LogP contribution in [-0.4, -0.2) is 63.3 Å². The van der Waals surface area contributed by atoms with Gasteiger partial charge in [-0.2, -0.15) is 23.0 Å². The van der Waals surface area contributed by atoms with Crippen LogP contribution in [-0.2, 0) is 12.7 Å². The third-order valence-electron chi connectivity index (χ3n) is 6.41. The van der Waals surface area contributed by atoms with Crippen LogP contribution in [0.25, 0.3) is 5.69 Å². The second-order valence-corrected chi connectivity index (χ2v) is 8.99. The molecule has 3 aromatic rings. The molecule has 1 amide bonds. The van der Waals surface area contributed by atoms with E-state index in [1.165, 1.54) is 17.0 Å². The summed E-state index contributed by atoms with van der Waals surface area (Å²) < 4.78 is 40.7. The number of alkyl halides is 3. The van der Waals surface area contributed by atoms with Gasteiger partial charge >= 0.3 is 11.9 Å². The fourth-order valence-corrected chi connectivity index (χ4v) is 3.95. The molecule has 0 bridgehead atoms. The van der Waals surface area contributed by atoms with Crippen molar-refractivity contribution in [3.05, 3.63) is 91.3 Å². The molecular weight excluding hydrogens is 475 g/mol. The van der Waals surface area contributed by atoms with Crippen molar-refractivity contribution >= 4 is 5.91 Å². The van der Waals surface area contributed by atoms with E-state index in [-0.39, 0.29) is 6.54 Å². The highest BCUT2D eigenvalue weighted by Crippen LogP contribution is 2.29. The van der Waals surface area contributed by atoms with Crippen LogP contribution >= 0.6 is 0 Å². The molecule has 0 atom stereocenters. The Bertz CT molecular complexity index is 1400. The van der Waals surface area contributed by atoms with Gasteiger partial charge in [0.15, 0.2) is 0 Å². The van der Waals surface area contributed by atoms with Gasteiger partial charge < -0.3 is 9.80 Å². The summed E-state index contributed by atoms with van der Waals surface area (Å²) in [5, 5.41) is 4.17. The lowest BCUT2D eigenvalue weighted by atomic mass is 10.1. The van der Waals surface area contributed by atoms with Crippen LogP contribution in [0, 0.1) is 13.8 Å². The molecule has 2 heterocycles. The number of amides is 1. The molecule has 0 saturated carbocycles. The molecule has 1 saturated heterocycles. The molecule has 2 aromatic carbocycles. The minimum Gasteiger partial charge on any atom is -0.335 e. The number of halogens is 3. The van der Waals surface area contributed by atoms with E-state index in [1.54, 1.807) is 18.2 Å². The Morgan fingerprint density at radius 1 is 0.944 bits per heavy atom. The molecule has 4 rings (SSSR count). The van der Waals surface area contributed by atoms with Crippen LogP contribution in [0.5, 0.6) is 0 Å². The number of rotatable bonds is 4. The van der Waals surface area contributed by atoms with Gasteiger partial charge in [0.2, 0.25) is 5.69 Å². The third-order valence-corrected chi connectivity index (χ3v) is 6.41. The summed E-state index contributed by atoms with van der Waals surface area (Å²) in [6.45, 7) is 5.51. The predicted molar refractivity (Wildman–Crippen MR) is 128 cm³/mol. The molecule has 190 valence electrons. The number of nitrogens with zero attached hydrogens (tertiary/aromatic N) is 5. The summed E-state index contributed by atoms with van der Waals surface area (Å²) in [6.07, 6.45) is -4.51. The maximum absolute atomic E-state index is 13.4. The number of likely N-dealkylation sites (N-methyl/N-ethyl adjacent to an activating group) is 1.